The third kappa shape index (κ3) is 5.95. The topological polar surface area (TPSA) is 109 Å². The fourth-order valence-electron chi connectivity index (χ4n) is 4.66. The van der Waals surface area contributed by atoms with Gasteiger partial charge in [0.1, 0.15) is 30.5 Å². The molecule has 0 radical (unpaired) electrons. The number of anilines is 2. The van der Waals surface area contributed by atoms with E-state index in [-0.39, 0.29) is 12.5 Å². The number of benzene rings is 3. The number of amides is 1. The number of fused-ring (bicyclic) bond motifs is 1. The number of hydrogen-bond acceptors (Lipinski definition) is 8. The zero-order valence-corrected chi connectivity index (χ0v) is 24.9. The van der Waals surface area contributed by atoms with Gasteiger partial charge in [-0.05, 0) is 55.8 Å². The summed E-state index contributed by atoms with van der Waals surface area (Å²) in [5.74, 6) is 2.26. The number of rotatable bonds is 10. The number of ether oxygens (including phenoxy) is 4. The van der Waals surface area contributed by atoms with Gasteiger partial charge in [-0.2, -0.15) is 10.1 Å². The SMILES string of the molecule is CCOc1cc([C@H]2C(C(=O)Nc3ccc(OC)cc3OC)=C(C)Nc3ncnn32)ccc1OCc1ccc(Cl)cc1Cl. The normalized spacial score (nSPS) is 14.1. The number of carbonyl (C=O) groups excluding carboxylic acids is 1. The van der Waals surface area contributed by atoms with Gasteiger partial charge >= 0.3 is 0 Å². The highest BCUT2D eigenvalue weighted by atomic mass is 35.5. The molecule has 0 bridgehead atoms. The van der Waals surface area contributed by atoms with E-state index in [1.54, 1.807) is 48.2 Å². The van der Waals surface area contributed by atoms with E-state index in [2.05, 4.69) is 20.7 Å². The molecule has 0 fully saturated rings. The van der Waals surface area contributed by atoms with E-state index in [1.807, 2.05) is 32.0 Å². The standard InChI is InChI=1S/C30H29Cl2N5O5/c1-5-41-26-12-18(7-11-24(26)42-15-19-6-8-20(31)13-22(19)32)28-27(17(2)35-30-33-16-34-37(28)30)29(38)36-23-10-9-21(39-3)14-25(23)40-4/h6-14,16,28H,5,15H2,1-4H3,(H,36,38)(H,33,34,35)/t28-/m0/s1. The van der Waals surface area contributed by atoms with Crippen LogP contribution in [0.4, 0.5) is 11.6 Å². The molecule has 1 aliphatic heterocycles. The number of methoxy groups -OCH3 is 2. The highest BCUT2D eigenvalue weighted by Crippen LogP contribution is 2.40. The van der Waals surface area contributed by atoms with E-state index in [4.69, 9.17) is 42.1 Å². The van der Waals surface area contributed by atoms with Gasteiger partial charge in [-0.1, -0.05) is 35.3 Å². The second-order valence-electron chi connectivity index (χ2n) is 9.28. The summed E-state index contributed by atoms with van der Waals surface area (Å²) in [5, 5.41) is 11.6. The van der Waals surface area contributed by atoms with Crippen LogP contribution in [0.2, 0.25) is 10.0 Å². The Morgan fingerprint density at radius 3 is 2.57 bits per heavy atom. The predicted molar refractivity (Wildman–Crippen MR) is 161 cm³/mol. The van der Waals surface area contributed by atoms with E-state index in [0.29, 0.717) is 62.6 Å². The minimum absolute atomic E-state index is 0.215. The van der Waals surface area contributed by atoms with Crippen LogP contribution in [0, 0.1) is 0 Å². The Morgan fingerprint density at radius 2 is 1.83 bits per heavy atom. The highest BCUT2D eigenvalue weighted by Gasteiger charge is 2.34. The van der Waals surface area contributed by atoms with Crippen molar-refractivity contribution in [2.24, 2.45) is 0 Å². The maximum atomic E-state index is 13.9. The van der Waals surface area contributed by atoms with E-state index >= 15 is 0 Å². The van der Waals surface area contributed by atoms with Crippen molar-refractivity contribution in [2.75, 3.05) is 31.5 Å². The fraction of sp³-hybridized carbons (Fsp3) is 0.233. The first kappa shape index (κ1) is 29.1. The number of carbonyl (C=O) groups is 1. The summed E-state index contributed by atoms with van der Waals surface area (Å²) in [4.78, 5) is 18.2. The van der Waals surface area contributed by atoms with Gasteiger partial charge < -0.3 is 29.6 Å². The number of aromatic nitrogens is 3. The molecule has 12 heteroatoms. The second kappa shape index (κ2) is 12.6. The first-order valence-corrected chi connectivity index (χ1v) is 13.8. The molecule has 4 aromatic rings. The Balaban J connectivity index is 1.49. The number of nitrogens with one attached hydrogen (secondary N) is 2. The van der Waals surface area contributed by atoms with Gasteiger partial charge in [-0.3, -0.25) is 4.79 Å². The van der Waals surface area contributed by atoms with Crippen LogP contribution in [0.15, 0.2) is 72.2 Å². The Hall–Kier alpha value is -4.41. The summed E-state index contributed by atoms with van der Waals surface area (Å²) in [6, 6.07) is 15.3. The molecule has 0 aliphatic carbocycles. The lowest BCUT2D eigenvalue weighted by Crippen LogP contribution is -2.31. The highest BCUT2D eigenvalue weighted by molar-refractivity contribution is 6.35. The third-order valence-corrected chi connectivity index (χ3v) is 7.26. The lowest BCUT2D eigenvalue weighted by atomic mass is 9.94. The molecule has 0 spiro atoms. The quantitative estimate of drug-likeness (QED) is 0.209. The Labute approximate surface area is 253 Å². The summed E-state index contributed by atoms with van der Waals surface area (Å²) >= 11 is 12.4. The van der Waals surface area contributed by atoms with E-state index in [0.717, 1.165) is 11.1 Å². The van der Waals surface area contributed by atoms with Crippen molar-refractivity contribution < 1.29 is 23.7 Å². The fourth-order valence-corrected chi connectivity index (χ4v) is 5.12. The minimum atomic E-state index is -0.619. The van der Waals surface area contributed by atoms with Gasteiger partial charge in [0.15, 0.2) is 11.5 Å². The van der Waals surface area contributed by atoms with Crippen LogP contribution >= 0.6 is 23.2 Å². The number of hydrogen-bond donors (Lipinski definition) is 2. The van der Waals surface area contributed by atoms with Gasteiger partial charge in [-0.25, -0.2) is 4.68 Å². The molecule has 0 saturated carbocycles. The van der Waals surface area contributed by atoms with E-state index in [9.17, 15) is 4.79 Å². The maximum absolute atomic E-state index is 13.9. The molecular weight excluding hydrogens is 581 g/mol. The molecule has 1 aromatic heterocycles. The molecule has 0 unspecified atom stereocenters. The average molecular weight is 610 g/mol. The molecule has 2 heterocycles. The van der Waals surface area contributed by atoms with Gasteiger partial charge in [0.2, 0.25) is 5.95 Å². The first-order valence-electron chi connectivity index (χ1n) is 13.1. The van der Waals surface area contributed by atoms with Crippen LogP contribution < -0.4 is 29.6 Å². The third-order valence-electron chi connectivity index (χ3n) is 6.68. The summed E-state index contributed by atoms with van der Waals surface area (Å²) < 4.78 is 24.5. The summed E-state index contributed by atoms with van der Waals surface area (Å²) in [7, 11) is 3.09. The molecule has 3 aromatic carbocycles. The van der Waals surface area contributed by atoms with Crippen molar-refractivity contribution in [1.82, 2.24) is 14.8 Å². The first-order chi connectivity index (χ1) is 20.3. The van der Waals surface area contributed by atoms with E-state index in [1.165, 1.54) is 13.4 Å². The van der Waals surface area contributed by atoms with Crippen LogP contribution in [0.3, 0.4) is 0 Å². The molecule has 218 valence electrons. The van der Waals surface area contributed by atoms with Gasteiger partial charge in [0.05, 0.1) is 32.1 Å². The smallest absolute Gasteiger partial charge is 0.255 e. The lowest BCUT2D eigenvalue weighted by molar-refractivity contribution is -0.113. The largest absolute Gasteiger partial charge is 0.497 e. The monoisotopic (exact) mass is 609 g/mol. The van der Waals surface area contributed by atoms with Crippen LogP contribution in [0.5, 0.6) is 23.0 Å². The van der Waals surface area contributed by atoms with Crippen LogP contribution in [-0.4, -0.2) is 41.5 Å². The number of halogens is 2. The van der Waals surface area contributed by atoms with Crippen molar-refractivity contribution in [2.45, 2.75) is 26.5 Å². The second-order valence-corrected chi connectivity index (χ2v) is 10.1. The molecule has 1 aliphatic rings. The number of allylic oxidation sites excluding steroid dienone is 1. The van der Waals surface area contributed by atoms with Crippen LogP contribution in [0.25, 0.3) is 0 Å². The molecule has 0 saturated heterocycles. The molecule has 42 heavy (non-hydrogen) atoms. The van der Waals surface area contributed by atoms with Gasteiger partial charge in [-0.15, -0.1) is 0 Å². The molecule has 1 amide bonds. The molecule has 2 N–H and O–H groups in total. The van der Waals surface area contributed by atoms with Gasteiger partial charge in [0.25, 0.3) is 5.91 Å². The van der Waals surface area contributed by atoms with Crippen molar-refractivity contribution in [3.63, 3.8) is 0 Å². The molecule has 1 atom stereocenters. The van der Waals surface area contributed by atoms with Gasteiger partial charge in [0, 0.05) is 27.4 Å². The van der Waals surface area contributed by atoms with Crippen LogP contribution in [-0.2, 0) is 11.4 Å². The average Bonchev–Trinajstić information content (AvgIpc) is 3.45. The minimum Gasteiger partial charge on any atom is -0.497 e. The lowest BCUT2D eigenvalue weighted by Gasteiger charge is -2.29. The van der Waals surface area contributed by atoms with Crippen molar-refractivity contribution in [3.8, 4) is 23.0 Å². The van der Waals surface area contributed by atoms with Crippen molar-refractivity contribution >= 4 is 40.7 Å². The maximum Gasteiger partial charge on any atom is 0.255 e. The van der Waals surface area contributed by atoms with Crippen LogP contribution in [0.1, 0.15) is 31.0 Å². The summed E-state index contributed by atoms with van der Waals surface area (Å²) in [6.45, 7) is 4.33. The molecular formula is C30H29Cl2N5O5. The summed E-state index contributed by atoms with van der Waals surface area (Å²) in [6.07, 6.45) is 1.44. The zero-order valence-electron chi connectivity index (χ0n) is 23.4. The number of nitrogens with zero attached hydrogens (tertiary/aromatic N) is 3. The van der Waals surface area contributed by atoms with Crippen molar-refractivity contribution in [1.29, 1.82) is 0 Å². The Morgan fingerprint density at radius 1 is 1.00 bits per heavy atom. The Bertz CT molecular complexity index is 1660. The molecule has 5 rings (SSSR count). The predicted octanol–water partition coefficient (Wildman–Crippen LogP) is 6.51. The van der Waals surface area contributed by atoms with Crippen molar-refractivity contribution in [3.05, 3.63) is 93.4 Å². The van der Waals surface area contributed by atoms with E-state index < -0.39 is 6.04 Å². The Kier molecular flexibility index (Phi) is 8.75. The zero-order chi connectivity index (χ0) is 29.8. The molecule has 10 nitrogen and oxygen atoms in total. The summed E-state index contributed by atoms with van der Waals surface area (Å²) in [5.41, 5.74) is 3.09.